The molecule has 5 rings (SSSR count). The third kappa shape index (κ3) is 10.3. The lowest BCUT2D eigenvalue weighted by atomic mass is 9.86. The van der Waals surface area contributed by atoms with Gasteiger partial charge in [0.05, 0.1) is 19.1 Å². The zero-order chi connectivity index (χ0) is 44.0. The predicted molar refractivity (Wildman–Crippen MR) is 225 cm³/mol. The maximum absolute atomic E-state index is 14.3. The first kappa shape index (κ1) is 45.2. The first-order chi connectivity index (χ1) is 28.3. The minimum atomic E-state index is -4.11. The number of benzene rings is 3. The van der Waals surface area contributed by atoms with Crippen LogP contribution in [0.25, 0.3) is 11.1 Å². The molecule has 3 aromatic carbocycles. The van der Waals surface area contributed by atoms with Gasteiger partial charge in [-0.05, 0) is 112 Å². The molecule has 1 aliphatic carbocycles. The molecule has 0 bridgehead atoms. The number of nitrogens with two attached hydrogens (primary N) is 1. The number of hydrogen-bond donors (Lipinski definition) is 4. The Morgan fingerprint density at radius 3 is 2.12 bits per heavy atom. The van der Waals surface area contributed by atoms with Crippen LogP contribution in [0.4, 0.5) is 9.59 Å². The molecule has 5 N–H and O–H groups in total. The van der Waals surface area contributed by atoms with Crippen molar-refractivity contribution in [2.75, 3.05) is 40.5 Å². The Balaban J connectivity index is 1.27. The van der Waals surface area contributed by atoms with E-state index in [-0.39, 0.29) is 68.7 Å². The fraction of sp³-hybridized carbons (Fsp3) is 0.465. The second kappa shape index (κ2) is 18.6. The van der Waals surface area contributed by atoms with Crippen LogP contribution in [0.2, 0.25) is 0 Å². The Bertz CT molecular complexity index is 2200. The number of carbonyl (C=O) groups is 4. The zero-order valence-corrected chi connectivity index (χ0v) is 36.3. The molecule has 1 aliphatic heterocycles. The molecule has 324 valence electrons. The Labute approximate surface area is 351 Å². The second-order valence-electron chi connectivity index (χ2n) is 16.0. The van der Waals surface area contributed by atoms with Gasteiger partial charge in [-0.2, -0.15) is 0 Å². The maximum Gasteiger partial charge on any atom is 0.410 e. The number of rotatable bonds is 13. The van der Waals surface area contributed by atoms with Crippen LogP contribution in [0.1, 0.15) is 80.2 Å². The summed E-state index contributed by atoms with van der Waals surface area (Å²) in [6.07, 6.45) is -1.20. The van der Waals surface area contributed by atoms with Gasteiger partial charge in [-0.25, -0.2) is 27.5 Å². The van der Waals surface area contributed by atoms with Crippen LogP contribution in [0.5, 0.6) is 5.75 Å². The molecule has 1 fully saturated rings. The number of amides is 3. The van der Waals surface area contributed by atoms with E-state index >= 15 is 0 Å². The molecular formula is C43H56N6O10S. The number of likely N-dealkylation sites (tertiary alicyclic amines) is 1. The van der Waals surface area contributed by atoms with Gasteiger partial charge >= 0.3 is 18.2 Å². The number of nitrogens with zero attached hydrogens (tertiary/aromatic N) is 2. The van der Waals surface area contributed by atoms with E-state index in [1.54, 1.807) is 47.6 Å². The third-order valence-electron chi connectivity index (χ3n) is 10.8. The summed E-state index contributed by atoms with van der Waals surface area (Å²) in [5.41, 5.74) is 9.47. The highest BCUT2D eigenvalue weighted by Gasteiger charge is 2.46. The summed E-state index contributed by atoms with van der Waals surface area (Å²) >= 11 is 0. The van der Waals surface area contributed by atoms with Crippen molar-refractivity contribution in [1.29, 1.82) is 0 Å². The lowest BCUT2D eigenvalue weighted by molar-refractivity contribution is -0.146. The highest BCUT2D eigenvalue weighted by atomic mass is 32.2. The quantitative estimate of drug-likeness (QED) is 0.0593. The van der Waals surface area contributed by atoms with Gasteiger partial charge < -0.3 is 40.2 Å². The molecule has 0 aromatic heterocycles. The average Bonchev–Trinajstić information content (AvgIpc) is 3.51. The Morgan fingerprint density at radius 1 is 0.950 bits per heavy atom. The number of aryl methyl sites for hydroxylation is 1. The number of nitrogens with one attached hydrogen (secondary N) is 3. The Morgan fingerprint density at radius 2 is 1.55 bits per heavy atom. The topological polar surface area (TPSA) is 217 Å². The summed E-state index contributed by atoms with van der Waals surface area (Å²) in [5.74, 6) is -1.44. The van der Waals surface area contributed by atoms with Crippen molar-refractivity contribution in [1.82, 2.24) is 20.3 Å². The number of alkyl carbamates (subject to hydrolysis) is 1. The maximum atomic E-state index is 14.3. The van der Waals surface area contributed by atoms with E-state index in [4.69, 9.17) is 24.7 Å². The van der Waals surface area contributed by atoms with E-state index in [2.05, 4.69) is 20.3 Å². The van der Waals surface area contributed by atoms with Gasteiger partial charge in [0.2, 0.25) is 11.9 Å². The Kier molecular flexibility index (Phi) is 14.0. The highest BCUT2D eigenvalue weighted by Crippen LogP contribution is 2.44. The fourth-order valence-corrected chi connectivity index (χ4v) is 9.17. The standard InChI is InChI=1S/C43H56N6O10S/c1-26-24-35(56-7)27(2)28(3)36(26)60(54,55)48-39(44)45-21-13-18-34(37(50)57-8)46-38(51)43(19-22-49(23-20-43)41(53)59-42(4,5)6)47-40(52)58-25-33-31-16-11-9-14-29(31)30-15-10-12-17-32(30)33/h9-12,14-17,24,33-34H,13,18-23,25H2,1-8H3,(H,46,51)(H,47,52)(H3,44,45,48)/t34-/m0/s1. The largest absolute Gasteiger partial charge is 0.496 e. The molecule has 2 aliphatic rings. The minimum absolute atomic E-state index is 0.00510. The van der Waals surface area contributed by atoms with Crippen LogP contribution >= 0.6 is 0 Å². The SMILES string of the molecule is COC(=O)[C@H](CCCN=C(N)NS(=O)(=O)c1c(C)cc(OC)c(C)c1C)NC(=O)C1(NC(=O)OCC2c3ccccc3-c3ccccc32)CCN(C(=O)OC(C)(C)C)CC1. The van der Waals surface area contributed by atoms with E-state index in [0.717, 1.165) is 22.3 Å². The van der Waals surface area contributed by atoms with Crippen molar-refractivity contribution in [2.45, 2.75) is 95.2 Å². The molecule has 3 aromatic rings. The molecule has 1 saturated heterocycles. The van der Waals surface area contributed by atoms with Gasteiger partial charge in [-0.3, -0.25) is 9.79 Å². The van der Waals surface area contributed by atoms with Crippen molar-refractivity contribution in [3.63, 3.8) is 0 Å². The number of methoxy groups -OCH3 is 2. The van der Waals surface area contributed by atoms with Crippen molar-refractivity contribution >= 4 is 40.0 Å². The lowest BCUT2D eigenvalue weighted by Crippen LogP contribution is -2.65. The first-order valence-electron chi connectivity index (χ1n) is 19.8. The van der Waals surface area contributed by atoms with Crippen molar-refractivity contribution in [3.05, 3.63) is 82.4 Å². The Hall–Kier alpha value is -5.84. The number of piperidine rings is 1. The fourth-order valence-electron chi connectivity index (χ4n) is 7.69. The van der Waals surface area contributed by atoms with Crippen LogP contribution < -0.4 is 25.8 Å². The van der Waals surface area contributed by atoms with Crippen LogP contribution in [-0.2, 0) is 33.8 Å². The average molecular weight is 849 g/mol. The van der Waals surface area contributed by atoms with Crippen LogP contribution in [0.15, 0.2) is 64.5 Å². The van der Waals surface area contributed by atoms with Crippen LogP contribution in [0, 0.1) is 20.8 Å². The van der Waals surface area contributed by atoms with Gasteiger partial charge in [0.1, 0.15) is 29.5 Å². The summed E-state index contributed by atoms with van der Waals surface area (Å²) in [5, 5.41) is 5.54. The molecule has 1 atom stereocenters. The van der Waals surface area contributed by atoms with E-state index in [1.165, 1.54) is 19.1 Å². The number of fused-ring (bicyclic) bond motifs is 3. The molecule has 3 amide bonds. The van der Waals surface area contributed by atoms with E-state index in [0.29, 0.717) is 22.4 Å². The van der Waals surface area contributed by atoms with Crippen LogP contribution in [0.3, 0.4) is 0 Å². The number of esters is 1. The molecule has 1 heterocycles. The van der Waals surface area contributed by atoms with Crippen molar-refractivity contribution in [2.24, 2.45) is 10.7 Å². The molecule has 0 saturated carbocycles. The van der Waals surface area contributed by atoms with E-state index in [9.17, 15) is 27.6 Å². The third-order valence-corrected chi connectivity index (χ3v) is 12.5. The van der Waals surface area contributed by atoms with Gasteiger partial charge in [0, 0.05) is 25.6 Å². The number of carbonyl (C=O) groups excluding carboxylic acids is 4. The lowest BCUT2D eigenvalue weighted by Gasteiger charge is -2.41. The molecule has 60 heavy (non-hydrogen) atoms. The summed E-state index contributed by atoms with van der Waals surface area (Å²) in [6.45, 7) is 10.5. The molecule has 0 unspecified atom stereocenters. The summed E-state index contributed by atoms with van der Waals surface area (Å²) < 4.78 is 50.7. The summed E-state index contributed by atoms with van der Waals surface area (Å²) in [4.78, 5) is 59.5. The molecule has 17 heteroatoms. The number of aliphatic imine (C=N–C) groups is 1. The number of ether oxygens (including phenoxy) is 4. The predicted octanol–water partition coefficient (Wildman–Crippen LogP) is 4.96. The van der Waals surface area contributed by atoms with Crippen LogP contribution in [-0.4, -0.2) is 101 Å². The monoisotopic (exact) mass is 848 g/mol. The summed E-state index contributed by atoms with van der Waals surface area (Å²) in [7, 11) is -1.42. The molecule has 0 spiro atoms. The van der Waals surface area contributed by atoms with Gasteiger partial charge in [-0.15, -0.1) is 0 Å². The molecular weight excluding hydrogens is 793 g/mol. The zero-order valence-electron chi connectivity index (χ0n) is 35.5. The van der Waals surface area contributed by atoms with Gasteiger partial charge in [0.15, 0.2) is 0 Å². The normalized spacial score (nSPS) is 15.5. The second-order valence-corrected chi connectivity index (χ2v) is 17.7. The van der Waals surface area contributed by atoms with E-state index < -0.39 is 51.3 Å². The van der Waals surface area contributed by atoms with Crippen molar-refractivity contribution < 1.29 is 46.5 Å². The van der Waals surface area contributed by atoms with E-state index in [1.807, 2.05) is 48.5 Å². The smallest absolute Gasteiger partial charge is 0.410 e. The van der Waals surface area contributed by atoms with Crippen molar-refractivity contribution in [3.8, 4) is 16.9 Å². The minimum Gasteiger partial charge on any atom is -0.496 e. The van der Waals surface area contributed by atoms with Gasteiger partial charge in [-0.1, -0.05) is 48.5 Å². The number of hydrogen-bond acceptors (Lipinski definition) is 11. The van der Waals surface area contributed by atoms with Gasteiger partial charge in [0.25, 0.3) is 10.0 Å². The summed E-state index contributed by atoms with van der Waals surface area (Å²) in [6, 6.07) is 16.3. The number of guanidine groups is 1. The molecule has 0 radical (unpaired) electrons. The molecule has 16 nitrogen and oxygen atoms in total. The number of sulfonamides is 1. The highest BCUT2D eigenvalue weighted by molar-refractivity contribution is 7.90. The first-order valence-corrected chi connectivity index (χ1v) is 21.3.